The smallest absolute Gasteiger partial charge is 0.252 e. The molecule has 0 saturated heterocycles. The predicted octanol–water partition coefficient (Wildman–Crippen LogP) is 1.24. The van der Waals surface area contributed by atoms with Gasteiger partial charge in [-0.1, -0.05) is 6.08 Å². The van der Waals surface area contributed by atoms with Gasteiger partial charge in [-0.25, -0.2) is 0 Å². The second kappa shape index (κ2) is 2.84. The molecule has 0 bridgehead atoms. The molecule has 5 heteroatoms. The van der Waals surface area contributed by atoms with Crippen molar-refractivity contribution in [2.24, 2.45) is 0 Å². The van der Waals surface area contributed by atoms with Gasteiger partial charge in [-0.3, -0.25) is 14.9 Å². The highest BCUT2D eigenvalue weighted by Crippen LogP contribution is 2.19. The second-order valence-electron chi connectivity index (χ2n) is 2.03. The molecule has 0 N–H and O–H groups in total. The van der Waals surface area contributed by atoms with Gasteiger partial charge in [0, 0.05) is 11.6 Å². The number of rotatable bonds is 2. The molecule has 0 aromatic carbocycles. The number of halogens is 1. The van der Waals surface area contributed by atoms with Crippen LogP contribution in [0, 0.1) is 10.1 Å². The van der Waals surface area contributed by atoms with Crippen molar-refractivity contribution in [3.8, 4) is 0 Å². The summed E-state index contributed by atoms with van der Waals surface area (Å²) in [6.07, 6.45) is 2.81. The van der Waals surface area contributed by atoms with E-state index in [1.807, 2.05) is 0 Å². The van der Waals surface area contributed by atoms with Crippen LogP contribution < -0.4 is 0 Å². The number of allylic oxidation sites excluding steroid dienone is 3. The minimum atomic E-state index is -0.651. The highest BCUT2D eigenvalue weighted by molar-refractivity contribution is 6.68. The Bertz CT molecular complexity index is 280. The third-order valence-electron chi connectivity index (χ3n) is 1.31. The topological polar surface area (TPSA) is 60.2 Å². The van der Waals surface area contributed by atoms with Gasteiger partial charge in [-0.05, 0) is 11.6 Å². The van der Waals surface area contributed by atoms with E-state index < -0.39 is 10.2 Å². The van der Waals surface area contributed by atoms with Gasteiger partial charge in [-0.15, -0.1) is 0 Å². The summed E-state index contributed by atoms with van der Waals surface area (Å²) in [5, 5.41) is 9.47. The van der Waals surface area contributed by atoms with E-state index in [1.165, 1.54) is 12.2 Å². The van der Waals surface area contributed by atoms with Crippen molar-refractivity contribution >= 4 is 16.8 Å². The molecule has 0 unspecified atom stereocenters. The third kappa shape index (κ3) is 1.65. The number of hydrogen-bond donors (Lipinski definition) is 0. The summed E-state index contributed by atoms with van der Waals surface area (Å²) < 4.78 is 0. The molecule has 1 aliphatic carbocycles. The van der Waals surface area contributed by atoms with Crippen LogP contribution in [-0.2, 0) is 4.79 Å². The van der Waals surface area contributed by atoms with Crippen molar-refractivity contribution in [2.45, 2.75) is 6.42 Å². The maximum Gasteiger partial charge on any atom is 0.252 e. The van der Waals surface area contributed by atoms with Crippen LogP contribution in [0.2, 0.25) is 0 Å². The predicted molar refractivity (Wildman–Crippen MR) is 38.6 cm³/mol. The average molecular weight is 174 g/mol. The number of nitrogens with zero attached hydrogens (tertiary/aromatic N) is 1. The number of carbonyl (C=O) groups is 1. The van der Waals surface area contributed by atoms with Crippen molar-refractivity contribution in [1.82, 2.24) is 0 Å². The zero-order valence-corrected chi connectivity index (χ0v) is 6.17. The molecule has 4 nitrogen and oxygen atoms in total. The third-order valence-corrected chi connectivity index (χ3v) is 1.53. The number of nitro groups is 1. The molecule has 0 radical (unpaired) electrons. The van der Waals surface area contributed by atoms with Gasteiger partial charge in [0.15, 0.2) is 0 Å². The Balaban J connectivity index is 2.79. The fraction of sp³-hybridized carbons (Fsp3) is 0.167. The van der Waals surface area contributed by atoms with Gasteiger partial charge in [0.1, 0.15) is 0 Å². The van der Waals surface area contributed by atoms with Crippen LogP contribution >= 0.6 is 11.6 Å². The second-order valence-corrected chi connectivity index (χ2v) is 2.37. The molecule has 1 rings (SSSR count). The fourth-order valence-electron chi connectivity index (χ4n) is 0.776. The van der Waals surface area contributed by atoms with Crippen molar-refractivity contribution in [1.29, 1.82) is 0 Å². The molecule has 0 aliphatic heterocycles. The zero-order chi connectivity index (χ0) is 8.43. The molecule has 0 fully saturated rings. The highest BCUT2D eigenvalue weighted by atomic mass is 35.5. The first-order valence-corrected chi connectivity index (χ1v) is 3.24. The minimum Gasteiger partial charge on any atom is -0.276 e. The molecule has 11 heavy (non-hydrogen) atoms. The summed E-state index contributed by atoms with van der Waals surface area (Å²) in [5.41, 5.74) is 0.215. The first-order valence-electron chi connectivity index (χ1n) is 2.86. The Labute approximate surface area is 67.3 Å². The molecule has 0 amide bonds. The molecule has 1 aliphatic rings. The van der Waals surface area contributed by atoms with E-state index in [9.17, 15) is 14.9 Å². The van der Waals surface area contributed by atoms with E-state index in [2.05, 4.69) is 0 Å². The standard InChI is InChI=1S/C6H4ClNO3/c7-6(9)4-1-2-5(3-4)8(10)11/h1,3H,2H2. The maximum absolute atomic E-state index is 10.4. The molecule has 0 spiro atoms. The Kier molecular flexibility index (Phi) is 2.05. The zero-order valence-electron chi connectivity index (χ0n) is 5.41. The maximum atomic E-state index is 10.4. The summed E-state index contributed by atoms with van der Waals surface area (Å²) in [7, 11) is 0. The largest absolute Gasteiger partial charge is 0.276 e. The van der Waals surface area contributed by atoms with E-state index in [-0.39, 0.29) is 17.7 Å². The van der Waals surface area contributed by atoms with Gasteiger partial charge < -0.3 is 0 Å². The summed E-state index contributed by atoms with van der Waals surface area (Å²) in [4.78, 5) is 20.0. The number of carbonyl (C=O) groups excluding carboxylic acids is 1. The number of hydrogen-bond acceptors (Lipinski definition) is 3. The van der Waals surface area contributed by atoms with Gasteiger partial charge in [0.25, 0.3) is 10.9 Å². The van der Waals surface area contributed by atoms with E-state index in [0.29, 0.717) is 0 Å². The summed E-state index contributed by atoms with van der Waals surface area (Å²) in [6, 6.07) is 0. The summed E-state index contributed by atoms with van der Waals surface area (Å²) in [6.45, 7) is 0. The fourth-order valence-corrected chi connectivity index (χ4v) is 0.908. The highest BCUT2D eigenvalue weighted by Gasteiger charge is 2.19. The minimum absolute atomic E-state index is 0.00833. The lowest BCUT2D eigenvalue weighted by Gasteiger charge is -1.85. The Morgan fingerprint density at radius 3 is 2.64 bits per heavy atom. The van der Waals surface area contributed by atoms with Crippen LogP contribution in [0.4, 0.5) is 0 Å². The Morgan fingerprint density at radius 2 is 2.36 bits per heavy atom. The van der Waals surface area contributed by atoms with Crippen LogP contribution in [0.5, 0.6) is 0 Å². The first-order chi connectivity index (χ1) is 5.11. The molecule has 0 atom stereocenters. The average Bonchev–Trinajstić information content (AvgIpc) is 2.33. The van der Waals surface area contributed by atoms with E-state index >= 15 is 0 Å². The van der Waals surface area contributed by atoms with Crippen LogP contribution in [0.1, 0.15) is 6.42 Å². The van der Waals surface area contributed by atoms with Crippen molar-refractivity contribution < 1.29 is 9.72 Å². The molecule has 0 aromatic rings. The van der Waals surface area contributed by atoms with Crippen molar-refractivity contribution in [3.05, 3.63) is 33.5 Å². The summed E-state index contributed by atoms with van der Waals surface area (Å²) in [5.74, 6) is 0. The molecule has 0 heterocycles. The SMILES string of the molecule is O=C(Cl)C1=CCC([N+](=O)[O-])=C1. The van der Waals surface area contributed by atoms with Crippen LogP contribution in [0.25, 0.3) is 0 Å². The molecule has 0 saturated carbocycles. The molecule has 0 aromatic heterocycles. The monoisotopic (exact) mass is 173 g/mol. The molecular weight excluding hydrogens is 170 g/mol. The summed E-state index contributed by atoms with van der Waals surface area (Å²) >= 11 is 5.08. The first kappa shape index (κ1) is 7.94. The van der Waals surface area contributed by atoms with Gasteiger partial charge in [0.2, 0.25) is 0 Å². The van der Waals surface area contributed by atoms with Crippen LogP contribution in [-0.4, -0.2) is 10.2 Å². The molecular formula is C6H4ClNO3. The van der Waals surface area contributed by atoms with Crippen LogP contribution in [0.15, 0.2) is 23.4 Å². The normalized spacial score (nSPS) is 15.7. The van der Waals surface area contributed by atoms with Crippen molar-refractivity contribution in [2.75, 3.05) is 0 Å². The lowest BCUT2D eigenvalue weighted by molar-refractivity contribution is -0.426. The van der Waals surface area contributed by atoms with Gasteiger partial charge >= 0.3 is 0 Å². The lowest BCUT2D eigenvalue weighted by Crippen LogP contribution is -1.94. The Hall–Kier alpha value is -1.16. The van der Waals surface area contributed by atoms with E-state index in [0.717, 1.165) is 0 Å². The van der Waals surface area contributed by atoms with Gasteiger partial charge in [-0.2, -0.15) is 0 Å². The quantitative estimate of drug-likeness (QED) is 0.359. The van der Waals surface area contributed by atoms with E-state index in [1.54, 1.807) is 0 Å². The van der Waals surface area contributed by atoms with Crippen LogP contribution in [0.3, 0.4) is 0 Å². The van der Waals surface area contributed by atoms with E-state index in [4.69, 9.17) is 11.6 Å². The molecule has 58 valence electrons. The van der Waals surface area contributed by atoms with Gasteiger partial charge in [0.05, 0.1) is 11.3 Å². The Morgan fingerprint density at radius 1 is 1.73 bits per heavy atom. The van der Waals surface area contributed by atoms with Crippen molar-refractivity contribution in [3.63, 3.8) is 0 Å². The lowest BCUT2D eigenvalue weighted by atomic mass is 10.3.